The van der Waals surface area contributed by atoms with Crippen LogP contribution in [0.1, 0.15) is 23.1 Å². The lowest BCUT2D eigenvalue weighted by Crippen LogP contribution is -2.41. The molecule has 1 aliphatic carbocycles. The number of rotatable bonds is 5. The van der Waals surface area contributed by atoms with E-state index in [1.54, 1.807) is 7.05 Å². The maximum absolute atomic E-state index is 14.5. The van der Waals surface area contributed by atoms with E-state index >= 15 is 0 Å². The third kappa shape index (κ3) is 3.95. The molecule has 1 aromatic rings. The molecule has 0 unspecified atom stereocenters. The fraction of sp³-hybridized carbons (Fsp3) is 0.360. The Morgan fingerprint density at radius 1 is 1.29 bits per heavy atom. The summed E-state index contributed by atoms with van der Waals surface area (Å²) in [5, 5.41) is 13.5. The van der Waals surface area contributed by atoms with Gasteiger partial charge in [-0.1, -0.05) is 6.08 Å². The molecule has 0 saturated carbocycles. The van der Waals surface area contributed by atoms with Crippen LogP contribution in [0.4, 0.5) is 8.78 Å². The summed E-state index contributed by atoms with van der Waals surface area (Å²) in [5.74, 6) is -0.992. The van der Waals surface area contributed by atoms with E-state index in [0.717, 1.165) is 35.4 Å². The molecule has 4 aliphatic rings. The number of carbonyl (C=O) groups excluding carboxylic acids is 1. The second-order valence-electron chi connectivity index (χ2n) is 9.04. The van der Waals surface area contributed by atoms with Gasteiger partial charge in [0.2, 0.25) is 5.91 Å². The number of aliphatic hydroxyl groups is 1. The van der Waals surface area contributed by atoms with Gasteiger partial charge < -0.3 is 14.9 Å². The highest BCUT2D eigenvalue weighted by molar-refractivity contribution is 6.21. The lowest BCUT2D eigenvalue weighted by atomic mass is 9.87. The zero-order valence-electron chi connectivity index (χ0n) is 19.2. The molecule has 0 bridgehead atoms. The molecule has 3 aliphatic heterocycles. The van der Waals surface area contributed by atoms with E-state index in [9.17, 15) is 13.6 Å². The molecule has 7 nitrogen and oxygen atoms in total. The third-order valence-corrected chi connectivity index (χ3v) is 6.69. The van der Waals surface area contributed by atoms with Gasteiger partial charge >= 0.3 is 0 Å². The quantitative estimate of drug-likeness (QED) is 0.694. The molecule has 2 N–H and O–H groups in total. The van der Waals surface area contributed by atoms with Crippen molar-refractivity contribution in [3.05, 3.63) is 69.8 Å². The monoisotopic (exact) mass is 467 g/mol. The average molecular weight is 468 g/mol. The van der Waals surface area contributed by atoms with Gasteiger partial charge in [-0.3, -0.25) is 15.1 Å². The van der Waals surface area contributed by atoms with Gasteiger partial charge in [-0.05, 0) is 29.7 Å². The highest BCUT2D eigenvalue weighted by Crippen LogP contribution is 2.41. The summed E-state index contributed by atoms with van der Waals surface area (Å²) in [6, 6.07) is 2.66. The number of likely N-dealkylation sites (N-methyl/N-ethyl adjacent to an activating group) is 2. The highest BCUT2D eigenvalue weighted by Gasteiger charge is 2.33. The summed E-state index contributed by atoms with van der Waals surface area (Å²) in [5.41, 5.74) is 8.88. The molecule has 3 heterocycles. The number of hydrogen-bond acceptors (Lipinski definition) is 6. The Morgan fingerprint density at radius 3 is 2.82 bits per heavy atom. The van der Waals surface area contributed by atoms with E-state index < -0.39 is 11.6 Å². The number of hydrogen-bond donors (Lipinski definition) is 2. The number of hydrazone groups is 1. The maximum atomic E-state index is 14.5. The van der Waals surface area contributed by atoms with Crippen molar-refractivity contribution in [2.24, 2.45) is 5.10 Å². The molecular formula is C25H27F2N5O2. The number of carbonyl (C=O) groups is 1. The fourth-order valence-electron chi connectivity index (χ4n) is 4.89. The number of nitrogens with one attached hydrogen (secondary N) is 1. The van der Waals surface area contributed by atoms with Crippen LogP contribution in [-0.4, -0.2) is 84.9 Å². The second kappa shape index (κ2) is 8.81. The molecule has 5 rings (SSSR count). The first kappa shape index (κ1) is 22.5. The van der Waals surface area contributed by atoms with Crippen molar-refractivity contribution in [1.82, 2.24) is 20.1 Å². The van der Waals surface area contributed by atoms with Gasteiger partial charge in [0.05, 0.1) is 24.6 Å². The van der Waals surface area contributed by atoms with Crippen molar-refractivity contribution in [3.63, 3.8) is 0 Å². The van der Waals surface area contributed by atoms with Gasteiger partial charge in [0.25, 0.3) is 0 Å². The van der Waals surface area contributed by atoms with Crippen LogP contribution >= 0.6 is 0 Å². The highest BCUT2D eigenvalue weighted by atomic mass is 19.1. The number of aliphatic hydroxyl groups excluding tert-OH is 1. The maximum Gasteiger partial charge on any atom is 0.236 e. The van der Waals surface area contributed by atoms with Crippen molar-refractivity contribution < 1.29 is 18.7 Å². The van der Waals surface area contributed by atoms with Gasteiger partial charge in [0.1, 0.15) is 11.6 Å². The zero-order chi connectivity index (χ0) is 24.0. The zero-order valence-corrected chi connectivity index (χ0v) is 19.2. The molecule has 0 aromatic heterocycles. The molecule has 9 heteroatoms. The number of fused-ring (bicyclic) bond motifs is 2. The Morgan fingerprint density at radius 2 is 2.09 bits per heavy atom. The molecule has 0 fully saturated rings. The topological polar surface area (TPSA) is 71.4 Å². The van der Waals surface area contributed by atoms with Crippen LogP contribution in [0.3, 0.4) is 0 Å². The smallest absolute Gasteiger partial charge is 0.236 e. The first-order chi connectivity index (χ1) is 16.4. The Labute approximate surface area is 197 Å². The number of benzene rings is 1. The molecule has 0 saturated heterocycles. The minimum Gasteiger partial charge on any atom is -0.395 e. The van der Waals surface area contributed by atoms with E-state index in [1.807, 2.05) is 18.1 Å². The normalized spacial score (nSPS) is 19.4. The summed E-state index contributed by atoms with van der Waals surface area (Å²) in [6.45, 7) is 2.58. The average Bonchev–Trinajstić information content (AvgIpc) is 3.04. The van der Waals surface area contributed by atoms with Crippen LogP contribution in [0.15, 0.2) is 52.4 Å². The lowest BCUT2D eigenvalue weighted by molar-refractivity contribution is -0.131. The molecule has 0 radical (unpaired) electrons. The van der Waals surface area contributed by atoms with Crippen molar-refractivity contribution in [1.29, 1.82) is 0 Å². The third-order valence-electron chi connectivity index (χ3n) is 6.69. The molecular weight excluding hydrogens is 440 g/mol. The van der Waals surface area contributed by atoms with Crippen molar-refractivity contribution in [3.8, 4) is 0 Å². The van der Waals surface area contributed by atoms with E-state index in [0.29, 0.717) is 43.0 Å². The van der Waals surface area contributed by atoms with E-state index in [2.05, 4.69) is 21.5 Å². The SMILES string of the molecule is CN1C=C2C(=C(C3=CCN(CC(=O)N(C)CCO)CC3)C1)NN=C1C=C(F)c3cc(F)cc2c31. The summed E-state index contributed by atoms with van der Waals surface area (Å²) in [7, 11) is 3.65. The van der Waals surface area contributed by atoms with E-state index in [1.165, 1.54) is 23.1 Å². The van der Waals surface area contributed by atoms with Gasteiger partial charge in [-0.2, -0.15) is 5.10 Å². The Kier molecular flexibility index (Phi) is 5.83. The van der Waals surface area contributed by atoms with Gasteiger partial charge in [0.15, 0.2) is 0 Å². The van der Waals surface area contributed by atoms with Crippen molar-refractivity contribution >= 4 is 23.0 Å². The second-order valence-corrected chi connectivity index (χ2v) is 9.04. The van der Waals surface area contributed by atoms with Crippen LogP contribution in [-0.2, 0) is 4.79 Å². The van der Waals surface area contributed by atoms with Gasteiger partial charge in [0, 0.05) is 74.8 Å². The van der Waals surface area contributed by atoms with E-state index in [-0.39, 0.29) is 18.1 Å². The molecule has 1 amide bonds. The summed E-state index contributed by atoms with van der Waals surface area (Å²) in [6.07, 6.45) is 6.17. The largest absolute Gasteiger partial charge is 0.395 e. The van der Waals surface area contributed by atoms with Crippen LogP contribution in [0.25, 0.3) is 11.4 Å². The summed E-state index contributed by atoms with van der Waals surface area (Å²) in [4.78, 5) is 18.0. The fourth-order valence-corrected chi connectivity index (χ4v) is 4.89. The van der Waals surface area contributed by atoms with Crippen LogP contribution < -0.4 is 5.43 Å². The van der Waals surface area contributed by atoms with Gasteiger partial charge in [-0.25, -0.2) is 8.78 Å². The van der Waals surface area contributed by atoms with Gasteiger partial charge in [-0.15, -0.1) is 0 Å². The van der Waals surface area contributed by atoms with E-state index in [4.69, 9.17) is 5.11 Å². The van der Waals surface area contributed by atoms with Crippen LogP contribution in [0.2, 0.25) is 0 Å². The molecule has 1 aromatic carbocycles. The van der Waals surface area contributed by atoms with Crippen molar-refractivity contribution in [2.75, 3.05) is 53.4 Å². The molecule has 178 valence electrons. The summed E-state index contributed by atoms with van der Waals surface area (Å²) < 4.78 is 28.9. The first-order valence-electron chi connectivity index (χ1n) is 11.3. The Hall–Kier alpha value is -3.30. The van der Waals surface area contributed by atoms with Crippen molar-refractivity contribution in [2.45, 2.75) is 6.42 Å². The Balaban J connectivity index is 1.46. The minimum atomic E-state index is -0.487. The van der Waals surface area contributed by atoms with Crippen LogP contribution in [0, 0.1) is 5.82 Å². The predicted octanol–water partition coefficient (Wildman–Crippen LogP) is 2.08. The number of halogens is 2. The lowest BCUT2D eigenvalue weighted by Gasteiger charge is -2.33. The first-order valence-corrected chi connectivity index (χ1v) is 11.3. The number of nitrogens with zero attached hydrogens (tertiary/aromatic N) is 4. The summed E-state index contributed by atoms with van der Waals surface area (Å²) >= 11 is 0. The Bertz CT molecular complexity index is 1210. The minimum absolute atomic E-state index is 0.0213. The molecule has 0 spiro atoms. The predicted molar refractivity (Wildman–Crippen MR) is 127 cm³/mol. The van der Waals surface area contributed by atoms with Crippen LogP contribution in [0.5, 0.6) is 0 Å². The number of amides is 1. The molecule has 0 atom stereocenters. The number of allylic oxidation sites excluding steroid dienone is 2. The standard InChI is InChI=1S/C25H27F2N5O2/c1-30-12-19(15-3-5-32(6-4-15)14-23(34)31(2)7-8-33)25-20(13-30)17-9-16(26)10-18-21(27)11-22(24(17)18)28-29-25/h3,9-11,13,29,33H,4-8,12,14H2,1-2H3. The molecule has 34 heavy (non-hydrogen) atoms.